The van der Waals surface area contributed by atoms with Crippen LogP contribution in [0.15, 0.2) is 47.0 Å². The fraction of sp³-hybridized carbons (Fsp3) is 0.318. The van der Waals surface area contributed by atoms with Crippen molar-refractivity contribution in [2.75, 3.05) is 18.4 Å². The molecule has 0 bridgehead atoms. The van der Waals surface area contributed by atoms with Gasteiger partial charge in [-0.2, -0.15) is 4.98 Å². The molecule has 1 aliphatic heterocycles. The number of phenolic OH excluding ortho intramolecular Hbond substituents is 1. The van der Waals surface area contributed by atoms with E-state index in [9.17, 15) is 14.3 Å². The van der Waals surface area contributed by atoms with Gasteiger partial charge in [-0.15, -0.1) is 0 Å². The van der Waals surface area contributed by atoms with Gasteiger partial charge in [-0.3, -0.25) is 9.69 Å². The summed E-state index contributed by atoms with van der Waals surface area (Å²) in [5.74, 6) is 0.484. The van der Waals surface area contributed by atoms with E-state index in [0.29, 0.717) is 42.4 Å². The van der Waals surface area contributed by atoms with Crippen LogP contribution in [-0.2, 0) is 11.3 Å². The van der Waals surface area contributed by atoms with Gasteiger partial charge in [0.15, 0.2) is 5.82 Å². The number of amides is 1. The summed E-state index contributed by atoms with van der Waals surface area (Å²) in [4.78, 5) is 19.1. The van der Waals surface area contributed by atoms with Crippen molar-refractivity contribution < 1.29 is 18.8 Å². The predicted molar refractivity (Wildman–Crippen MR) is 109 cm³/mol. The van der Waals surface area contributed by atoms with E-state index in [1.807, 2.05) is 6.92 Å². The van der Waals surface area contributed by atoms with Gasteiger partial charge in [0.05, 0.1) is 12.2 Å². The Balaban J connectivity index is 1.30. The van der Waals surface area contributed by atoms with Crippen LogP contribution in [0.2, 0.25) is 0 Å². The first kappa shape index (κ1) is 20.0. The van der Waals surface area contributed by atoms with Crippen molar-refractivity contribution in [3.05, 3.63) is 59.7 Å². The zero-order chi connectivity index (χ0) is 21.1. The number of piperidine rings is 1. The number of benzene rings is 2. The molecule has 0 atom stereocenters. The smallest absolute Gasteiger partial charge is 0.257 e. The first-order chi connectivity index (χ1) is 14.5. The summed E-state index contributed by atoms with van der Waals surface area (Å²) in [5, 5.41) is 16.8. The summed E-state index contributed by atoms with van der Waals surface area (Å²) in [5.41, 5.74) is 2.09. The fourth-order valence-electron chi connectivity index (χ4n) is 3.57. The lowest BCUT2D eigenvalue weighted by molar-refractivity contribution is -0.121. The molecule has 0 spiro atoms. The first-order valence-electron chi connectivity index (χ1n) is 9.89. The summed E-state index contributed by atoms with van der Waals surface area (Å²) in [6, 6.07) is 11.0. The molecule has 2 N–H and O–H groups in total. The second-order valence-corrected chi connectivity index (χ2v) is 7.58. The molecular weight excluding hydrogens is 387 g/mol. The average molecular weight is 410 g/mol. The summed E-state index contributed by atoms with van der Waals surface area (Å²) < 4.78 is 18.3. The van der Waals surface area contributed by atoms with Crippen LogP contribution in [0.5, 0.6) is 5.75 Å². The molecule has 1 aromatic heterocycles. The number of nitrogens with zero attached hydrogens (tertiary/aromatic N) is 3. The van der Waals surface area contributed by atoms with Crippen LogP contribution in [0, 0.1) is 18.7 Å². The molecule has 7 nitrogen and oxygen atoms in total. The molecule has 2 aromatic carbocycles. The Kier molecular flexibility index (Phi) is 5.76. The van der Waals surface area contributed by atoms with Crippen molar-refractivity contribution in [3.8, 4) is 17.2 Å². The monoisotopic (exact) mass is 410 g/mol. The van der Waals surface area contributed by atoms with Crippen molar-refractivity contribution in [1.82, 2.24) is 15.0 Å². The summed E-state index contributed by atoms with van der Waals surface area (Å²) in [7, 11) is 0. The van der Waals surface area contributed by atoms with Crippen molar-refractivity contribution in [2.24, 2.45) is 5.92 Å². The molecule has 30 heavy (non-hydrogen) atoms. The maximum atomic E-state index is 13.1. The Morgan fingerprint density at radius 2 is 1.97 bits per heavy atom. The lowest BCUT2D eigenvalue weighted by Crippen LogP contribution is -2.38. The number of nitrogens with one attached hydrogen (secondary N) is 1. The Morgan fingerprint density at radius 1 is 1.23 bits per heavy atom. The molecule has 2 heterocycles. The van der Waals surface area contributed by atoms with E-state index < -0.39 is 0 Å². The minimum absolute atomic E-state index is 0.0699. The van der Waals surface area contributed by atoms with Crippen molar-refractivity contribution in [3.63, 3.8) is 0 Å². The van der Waals surface area contributed by atoms with Gasteiger partial charge in [0.25, 0.3) is 5.89 Å². The largest absolute Gasteiger partial charge is 0.506 e. The number of aromatic hydroxyl groups is 1. The van der Waals surface area contributed by atoms with Gasteiger partial charge < -0.3 is 14.9 Å². The average Bonchev–Trinajstić information content (AvgIpc) is 3.20. The maximum Gasteiger partial charge on any atom is 0.257 e. The number of carbonyl (C=O) groups excluding carboxylic acids is 1. The molecule has 1 amide bonds. The van der Waals surface area contributed by atoms with E-state index in [-0.39, 0.29) is 23.4 Å². The number of aromatic nitrogens is 2. The van der Waals surface area contributed by atoms with Crippen LogP contribution in [0.25, 0.3) is 11.5 Å². The molecule has 3 aromatic rings. The van der Waals surface area contributed by atoms with Gasteiger partial charge in [0.2, 0.25) is 5.91 Å². The lowest BCUT2D eigenvalue weighted by Gasteiger charge is -2.30. The van der Waals surface area contributed by atoms with E-state index in [0.717, 1.165) is 18.7 Å². The lowest BCUT2D eigenvalue weighted by atomic mass is 9.95. The van der Waals surface area contributed by atoms with Gasteiger partial charge in [-0.1, -0.05) is 11.2 Å². The molecule has 0 unspecified atom stereocenters. The van der Waals surface area contributed by atoms with Crippen molar-refractivity contribution in [1.29, 1.82) is 0 Å². The first-order valence-corrected chi connectivity index (χ1v) is 9.89. The van der Waals surface area contributed by atoms with Crippen LogP contribution in [0.3, 0.4) is 0 Å². The standard InChI is InChI=1S/C22H23FN4O3/c1-14-2-7-19(28)18(12-14)24-21(29)15-8-10-27(11-9-15)13-20-25-22(30-26-20)16-3-5-17(23)6-4-16/h2-7,12,15,28H,8-11,13H2,1H3,(H,24,29). The van der Waals surface area contributed by atoms with E-state index in [4.69, 9.17) is 4.52 Å². The molecule has 1 aliphatic rings. The van der Waals surface area contributed by atoms with E-state index in [2.05, 4.69) is 20.4 Å². The highest BCUT2D eigenvalue weighted by molar-refractivity contribution is 5.94. The second kappa shape index (κ2) is 8.62. The number of phenols is 1. The molecule has 4 rings (SSSR count). The third-order valence-electron chi connectivity index (χ3n) is 5.29. The normalized spacial score (nSPS) is 15.3. The quantitative estimate of drug-likeness (QED) is 0.623. The number of rotatable bonds is 5. The fourth-order valence-corrected chi connectivity index (χ4v) is 3.57. The summed E-state index contributed by atoms with van der Waals surface area (Å²) in [6.45, 7) is 3.90. The Hall–Kier alpha value is -3.26. The summed E-state index contributed by atoms with van der Waals surface area (Å²) in [6.07, 6.45) is 1.42. The molecule has 1 fully saturated rings. The van der Waals surface area contributed by atoms with E-state index in [1.54, 1.807) is 30.3 Å². The third kappa shape index (κ3) is 4.65. The Bertz CT molecular complexity index is 1030. The van der Waals surface area contributed by atoms with Crippen LogP contribution in [0.4, 0.5) is 10.1 Å². The summed E-state index contributed by atoms with van der Waals surface area (Å²) >= 11 is 0. The molecule has 8 heteroatoms. The van der Waals surface area contributed by atoms with Crippen LogP contribution in [0.1, 0.15) is 24.2 Å². The molecular formula is C22H23FN4O3. The van der Waals surface area contributed by atoms with Crippen LogP contribution >= 0.6 is 0 Å². The van der Waals surface area contributed by atoms with Gasteiger partial charge in [0.1, 0.15) is 11.6 Å². The van der Waals surface area contributed by atoms with Crippen LogP contribution in [-0.4, -0.2) is 39.1 Å². The number of anilines is 1. The number of halogens is 1. The minimum Gasteiger partial charge on any atom is -0.506 e. The zero-order valence-corrected chi connectivity index (χ0v) is 16.6. The highest BCUT2D eigenvalue weighted by Crippen LogP contribution is 2.27. The molecule has 0 saturated carbocycles. The van der Waals surface area contributed by atoms with Gasteiger partial charge in [-0.05, 0) is 74.8 Å². The van der Waals surface area contributed by atoms with Gasteiger partial charge in [-0.25, -0.2) is 4.39 Å². The van der Waals surface area contributed by atoms with Gasteiger partial charge >= 0.3 is 0 Å². The van der Waals surface area contributed by atoms with E-state index >= 15 is 0 Å². The number of likely N-dealkylation sites (tertiary alicyclic amines) is 1. The van der Waals surface area contributed by atoms with Gasteiger partial charge in [0, 0.05) is 11.5 Å². The highest BCUT2D eigenvalue weighted by atomic mass is 19.1. The second-order valence-electron chi connectivity index (χ2n) is 7.58. The SMILES string of the molecule is Cc1ccc(O)c(NC(=O)C2CCN(Cc3noc(-c4ccc(F)cc4)n3)CC2)c1. The maximum absolute atomic E-state index is 13.1. The number of hydrogen-bond acceptors (Lipinski definition) is 6. The number of aryl methyl sites for hydroxylation is 1. The predicted octanol–water partition coefficient (Wildman–Crippen LogP) is 3.74. The topological polar surface area (TPSA) is 91.5 Å². The van der Waals surface area contributed by atoms with E-state index in [1.165, 1.54) is 12.1 Å². The third-order valence-corrected chi connectivity index (χ3v) is 5.29. The number of hydrogen-bond donors (Lipinski definition) is 2. The Labute approximate surface area is 173 Å². The zero-order valence-electron chi connectivity index (χ0n) is 16.6. The Morgan fingerprint density at radius 3 is 2.70 bits per heavy atom. The molecule has 0 radical (unpaired) electrons. The minimum atomic E-state index is -0.317. The molecule has 156 valence electrons. The van der Waals surface area contributed by atoms with Crippen LogP contribution < -0.4 is 5.32 Å². The highest BCUT2D eigenvalue weighted by Gasteiger charge is 2.26. The van der Waals surface area contributed by atoms with Crippen molar-refractivity contribution >= 4 is 11.6 Å². The number of carbonyl (C=O) groups is 1. The van der Waals surface area contributed by atoms with Crippen molar-refractivity contribution in [2.45, 2.75) is 26.3 Å². The molecule has 0 aliphatic carbocycles. The molecule has 1 saturated heterocycles.